The topological polar surface area (TPSA) is 41.6 Å². The molecule has 98 valence electrons. The van der Waals surface area contributed by atoms with Crippen LogP contribution in [-0.2, 0) is 9.53 Å². The van der Waals surface area contributed by atoms with Gasteiger partial charge in [-0.1, -0.05) is 0 Å². The summed E-state index contributed by atoms with van der Waals surface area (Å²) >= 11 is 0. The van der Waals surface area contributed by atoms with E-state index in [0.717, 1.165) is 25.0 Å². The number of nitrogens with zero attached hydrogens (tertiary/aromatic N) is 1. The number of piperidine rings is 1. The molecule has 1 N–H and O–H groups in total. The van der Waals surface area contributed by atoms with Gasteiger partial charge in [0.25, 0.3) is 0 Å². The monoisotopic (exact) mass is 240 g/mol. The summed E-state index contributed by atoms with van der Waals surface area (Å²) in [5, 5.41) is 3.59. The molecule has 2 saturated heterocycles. The zero-order chi connectivity index (χ0) is 12.3. The molecule has 2 heterocycles. The van der Waals surface area contributed by atoms with Crippen molar-refractivity contribution in [2.24, 2.45) is 5.92 Å². The van der Waals surface area contributed by atoms with Crippen molar-refractivity contribution >= 4 is 5.97 Å². The van der Waals surface area contributed by atoms with E-state index in [2.05, 4.69) is 10.2 Å². The Balaban J connectivity index is 1.79. The first-order valence-electron chi connectivity index (χ1n) is 6.77. The van der Waals surface area contributed by atoms with Crippen molar-refractivity contribution in [3.05, 3.63) is 0 Å². The Bertz CT molecular complexity index is 256. The van der Waals surface area contributed by atoms with Crippen LogP contribution in [0.3, 0.4) is 0 Å². The lowest BCUT2D eigenvalue weighted by atomic mass is 9.88. The minimum absolute atomic E-state index is 0.0857. The Kier molecular flexibility index (Phi) is 4.40. The number of hydrogen-bond acceptors (Lipinski definition) is 4. The van der Waals surface area contributed by atoms with Crippen molar-refractivity contribution in [2.75, 3.05) is 26.7 Å². The molecule has 2 aliphatic heterocycles. The third-order valence-electron chi connectivity index (χ3n) is 4.33. The van der Waals surface area contributed by atoms with Crippen LogP contribution in [0.2, 0.25) is 0 Å². The first kappa shape index (κ1) is 12.8. The minimum Gasteiger partial charge on any atom is -0.468 e. The predicted molar refractivity (Wildman–Crippen MR) is 66.8 cm³/mol. The van der Waals surface area contributed by atoms with Crippen LogP contribution in [-0.4, -0.2) is 49.7 Å². The maximum atomic E-state index is 11.5. The molecule has 0 aromatic rings. The van der Waals surface area contributed by atoms with Gasteiger partial charge in [0.05, 0.1) is 7.11 Å². The van der Waals surface area contributed by atoms with E-state index in [1.54, 1.807) is 0 Å². The van der Waals surface area contributed by atoms with Gasteiger partial charge in [0.1, 0.15) is 6.04 Å². The number of methoxy groups -OCH3 is 1. The first-order valence-corrected chi connectivity index (χ1v) is 6.77. The summed E-state index contributed by atoms with van der Waals surface area (Å²) < 4.78 is 4.80. The third kappa shape index (κ3) is 2.99. The van der Waals surface area contributed by atoms with Crippen molar-refractivity contribution in [1.82, 2.24) is 10.2 Å². The largest absolute Gasteiger partial charge is 0.468 e. The van der Waals surface area contributed by atoms with Crippen LogP contribution in [0, 0.1) is 5.92 Å². The lowest BCUT2D eigenvalue weighted by Crippen LogP contribution is -2.47. The molecule has 0 bridgehead atoms. The van der Waals surface area contributed by atoms with E-state index in [1.165, 1.54) is 39.3 Å². The highest BCUT2D eigenvalue weighted by Crippen LogP contribution is 2.26. The highest BCUT2D eigenvalue weighted by atomic mass is 16.5. The summed E-state index contributed by atoms with van der Waals surface area (Å²) in [5.74, 6) is 0.695. The van der Waals surface area contributed by atoms with Crippen molar-refractivity contribution in [2.45, 2.75) is 44.7 Å². The molecule has 0 aromatic carbocycles. The summed E-state index contributed by atoms with van der Waals surface area (Å²) in [7, 11) is 1.47. The van der Waals surface area contributed by atoms with E-state index in [9.17, 15) is 4.79 Å². The van der Waals surface area contributed by atoms with Crippen LogP contribution < -0.4 is 5.32 Å². The van der Waals surface area contributed by atoms with Gasteiger partial charge in [0.15, 0.2) is 0 Å². The van der Waals surface area contributed by atoms with Crippen molar-refractivity contribution in [3.63, 3.8) is 0 Å². The number of hydrogen-bond donors (Lipinski definition) is 1. The quantitative estimate of drug-likeness (QED) is 0.748. The Hall–Kier alpha value is -0.610. The molecule has 17 heavy (non-hydrogen) atoms. The van der Waals surface area contributed by atoms with E-state index in [1.807, 2.05) is 6.92 Å². The van der Waals surface area contributed by atoms with E-state index in [-0.39, 0.29) is 12.0 Å². The number of rotatable bonds is 3. The van der Waals surface area contributed by atoms with Gasteiger partial charge in [-0.05, 0) is 58.2 Å². The fraction of sp³-hybridized carbons (Fsp3) is 0.923. The molecule has 2 fully saturated rings. The molecule has 2 atom stereocenters. The number of ether oxygens (including phenoxy) is 1. The molecular weight excluding hydrogens is 216 g/mol. The number of nitrogens with one attached hydrogen (secondary N) is 1. The summed E-state index contributed by atoms with van der Waals surface area (Å²) in [4.78, 5) is 13.7. The van der Waals surface area contributed by atoms with Crippen LogP contribution in [0.15, 0.2) is 0 Å². The van der Waals surface area contributed by atoms with E-state index < -0.39 is 0 Å². The number of esters is 1. The molecule has 4 nitrogen and oxygen atoms in total. The molecule has 0 spiro atoms. The third-order valence-corrected chi connectivity index (χ3v) is 4.33. The number of carbonyl (C=O) groups excluding carboxylic acids is 1. The molecule has 0 aromatic heterocycles. The second kappa shape index (κ2) is 5.83. The zero-order valence-corrected chi connectivity index (χ0v) is 10.9. The van der Waals surface area contributed by atoms with Gasteiger partial charge in [0, 0.05) is 6.04 Å². The molecule has 0 radical (unpaired) electrons. The lowest BCUT2D eigenvalue weighted by Gasteiger charge is -2.37. The van der Waals surface area contributed by atoms with Crippen LogP contribution in [0.4, 0.5) is 0 Å². The van der Waals surface area contributed by atoms with Crippen LogP contribution in [0.25, 0.3) is 0 Å². The van der Waals surface area contributed by atoms with Gasteiger partial charge in [-0.15, -0.1) is 0 Å². The summed E-state index contributed by atoms with van der Waals surface area (Å²) in [6.45, 7) is 5.18. The van der Waals surface area contributed by atoms with Crippen molar-refractivity contribution < 1.29 is 9.53 Å². The molecule has 2 rings (SSSR count). The second-order valence-electron chi connectivity index (χ2n) is 5.28. The summed E-state index contributed by atoms with van der Waals surface area (Å²) in [5.41, 5.74) is 0. The van der Waals surface area contributed by atoms with Gasteiger partial charge in [-0.25, -0.2) is 0 Å². The molecular formula is C13H24N2O2. The SMILES string of the molecule is COC(=O)C(C)N1CCC(C2CCCN2)CC1. The lowest BCUT2D eigenvalue weighted by molar-refractivity contribution is -0.146. The van der Waals surface area contributed by atoms with Gasteiger partial charge in [0.2, 0.25) is 0 Å². The highest BCUT2D eigenvalue weighted by Gasteiger charge is 2.31. The Labute approximate surface area is 104 Å². The molecule has 0 saturated carbocycles. The van der Waals surface area contributed by atoms with E-state index in [0.29, 0.717) is 0 Å². The Morgan fingerprint density at radius 1 is 1.35 bits per heavy atom. The predicted octanol–water partition coefficient (Wildman–Crippen LogP) is 1.01. The maximum Gasteiger partial charge on any atom is 0.322 e. The molecule has 0 aliphatic carbocycles. The van der Waals surface area contributed by atoms with Crippen molar-refractivity contribution in [3.8, 4) is 0 Å². The second-order valence-corrected chi connectivity index (χ2v) is 5.28. The van der Waals surface area contributed by atoms with Gasteiger partial charge in [-0.2, -0.15) is 0 Å². The number of likely N-dealkylation sites (tertiary alicyclic amines) is 1. The van der Waals surface area contributed by atoms with Crippen LogP contribution in [0.1, 0.15) is 32.6 Å². The first-order chi connectivity index (χ1) is 8.22. The maximum absolute atomic E-state index is 11.5. The standard InChI is InChI=1S/C13H24N2O2/c1-10(13(16)17-2)15-8-5-11(6-9-15)12-4-3-7-14-12/h10-12,14H,3-9H2,1-2H3. The smallest absolute Gasteiger partial charge is 0.322 e. The Morgan fingerprint density at radius 3 is 2.59 bits per heavy atom. The van der Waals surface area contributed by atoms with E-state index in [4.69, 9.17) is 4.74 Å². The molecule has 2 unspecified atom stereocenters. The van der Waals surface area contributed by atoms with Crippen molar-refractivity contribution in [1.29, 1.82) is 0 Å². The Morgan fingerprint density at radius 2 is 2.06 bits per heavy atom. The fourth-order valence-corrected chi connectivity index (χ4v) is 3.14. The van der Waals surface area contributed by atoms with Crippen LogP contribution in [0.5, 0.6) is 0 Å². The summed E-state index contributed by atoms with van der Waals surface area (Å²) in [6, 6.07) is 0.642. The minimum atomic E-state index is -0.109. The summed E-state index contributed by atoms with van der Waals surface area (Å²) in [6.07, 6.45) is 5.07. The van der Waals surface area contributed by atoms with E-state index >= 15 is 0 Å². The molecule has 2 aliphatic rings. The molecule has 4 heteroatoms. The average molecular weight is 240 g/mol. The van der Waals surface area contributed by atoms with Gasteiger partial charge >= 0.3 is 5.97 Å². The van der Waals surface area contributed by atoms with Gasteiger partial charge < -0.3 is 10.1 Å². The average Bonchev–Trinajstić information content (AvgIpc) is 2.91. The molecule has 0 amide bonds. The number of carbonyl (C=O) groups is 1. The fourth-order valence-electron chi connectivity index (χ4n) is 3.14. The van der Waals surface area contributed by atoms with Gasteiger partial charge in [-0.3, -0.25) is 9.69 Å². The van der Waals surface area contributed by atoms with Crippen LogP contribution >= 0.6 is 0 Å². The highest BCUT2D eigenvalue weighted by molar-refractivity contribution is 5.75. The normalized spacial score (nSPS) is 29.2. The zero-order valence-electron chi connectivity index (χ0n) is 10.9.